The van der Waals surface area contributed by atoms with Crippen LogP contribution in [0.3, 0.4) is 0 Å². The summed E-state index contributed by atoms with van der Waals surface area (Å²) >= 11 is 5.80. The van der Waals surface area contributed by atoms with Crippen molar-refractivity contribution in [2.45, 2.75) is 64.2 Å². The van der Waals surface area contributed by atoms with E-state index in [-0.39, 0.29) is 12.1 Å². The van der Waals surface area contributed by atoms with Crippen LogP contribution >= 0.6 is 12.2 Å². The van der Waals surface area contributed by atoms with Gasteiger partial charge in [-0.2, -0.15) is 0 Å². The van der Waals surface area contributed by atoms with Crippen LogP contribution in [0.5, 0.6) is 0 Å². The summed E-state index contributed by atoms with van der Waals surface area (Å²) in [4.78, 5) is 6.92. The van der Waals surface area contributed by atoms with Gasteiger partial charge in [-0.15, -0.1) is 0 Å². The maximum Gasteiger partial charge on any atom is 0.170 e. The van der Waals surface area contributed by atoms with Gasteiger partial charge < -0.3 is 19.2 Å². The molecule has 4 heterocycles. The molecule has 0 aromatic carbocycles. The van der Waals surface area contributed by atoms with Crippen molar-refractivity contribution in [3.8, 4) is 0 Å². The summed E-state index contributed by atoms with van der Waals surface area (Å²) in [6.07, 6.45) is 8.78. The molecule has 2 aliphatic rings. The van der Waals surface area contributed by atoms with Gasteiger partial charge in [-0.25, -0.2) is 0 Å². The van der Waals surface area contributed by atoms with Crippen molar-refractivity contribution in [3.63, 3.8) is 0 Å². The van der Waals surface area contributed by atoms with Crippen molar-refractivity contribution in [1.82, 2.24) is 19.8 Å². The third kappa shape index (κ3) is 3.33. The van der Waals surface area contributed by atoms with Crippen molar-refractivity contribution in [2.24, 2.45) is 0 Å². The Morgan fingerprint density at radius 1 is 1.17 bits per heavy atom. The fraction of sp³-hybridized carbons (Fsp3) is 0.417. The minimum atomic E-state index is 0.00573. The van der Waals surface area contributed by atoms with E-state index in [0.29, 0.717) is 12.6 Å². The van der Waals surface area contributed by atoms with Crippen LogP contribution in [-0.2, 0) is 6.54 Å². The van der Waals surface area contributed by atoms with E-state index in [2.05, 4.69) is 45.7 Å². The number of nitrogens with one attached hydrogen (secondary N) is 1. The zero-order valence-electron chi connectivity index (χ0n) is 17.5. The summed E-state index contributed by atoms with van der Waals surface area (Å²) in [7, 11) is 0. The number of furan rings is 1. The molecule has 2 fully saturated rings. The van der Waals surface area contributed by atoms with E-state index in [4.69, 9.17) is 16.6 Å². The lowest BCUT2D eigenvalue weighted by molar-refractivity contribution is 0.286. The molecule has 6 heteroatoms. The van der Waals surface area contributed by atoms with E-state index in [1.54, 1.807) is 6.26 Å². The molecule has 0 amide bonds. The first-order chi connectivity index (χ1) is 14.6. The van der Waals surface area contributed by atoms with Crippen LogP contribution in [0, 0.1) is 13.8 Å². The maximum absolute atomic E-state index is 5.80. The lowest BCUT2D eigenvalue weighted by atomic mass is 9.96. The quantitative estimate of drug-likeness (QED) is 0.562. The van der Waals surface area contributed by atoms with Gasteiger partial charge in [0.25, 0.3) is 0 Å². The summed E-state index contributed by atoms with van der Waals surface area (Å²) in [5.74, 6) is 0.912. The Balaban J connectivity index is 1.58. The first-order valence-corrected chi connectivity index (χ1v) is 11.2. The highest BCUT2D eigenvalue weighted by Gasteiger charge is 2.42. The average molecular weight is 421 g/mol. The Bertz CT molecular complexity index is 1020. The molecule has 0 radical (unpaired) electrons. The van der Waals surface area contributed by atoms with Crippen LogP contribution in [-0.4, -0.2) is 19.6 Å². The van der Waals surface area contributed by atoms with Gasteiger partial charge in [-0.3, -0.25) is 4.98 Å². The summed E-state index contributed by atoms with van der Waals surface area (Å²) in [6.45, 7) is 5.14. The highest BCUT2D eigenvalue weighted by Crippen LogP contribution is 2.43. The molecule has 1 N–H and O–H groups in total. The SMILES string of the molecule is Cc1cc([C@H]2[C@@H](c3ccccn3)NC(=S)N2Cc2ccco2)c(C)n1C1CCCC1. The molecule has 5 nitrogen and oxygen atoms in total. The Kier molecular flexibility index (Phi) is 5.11. The van der Waals surface area contributed by atoms with Crippen LogP contribution in [0.4, 0.5) is 0 Å². The molecule has 30 heavy (non-hydrogen) atoms. The fourth-order valence-electron chi connectivity index (χ4n) is 5.31. The lowest BCUT2D eigenvalue weighted by Gasteiger charge is -2.28. The molecule has 5 rings (SSSR count). The molecule has 156 valence electrons. The largest absolute Gasteiger partial charge is 0.467 e. The molecule has 3 aromatic heterocycles. The van der Waals surface area contributed by atoms with Gasteiger partial charge in [0.05, 0.1) is 30.6 Å². The Morgan fingerprint density at radius 3 is 2.70 bits per heavy atom. The number of rotatable bonds is 5. The highest BCUT2D eigenvalue weighted by molar-refractivity contribution is 7.80. The molecule has 1 saturated carbocycles. The van der Waals surface area contributed by atoms with Crippen molar-refractivity contribution in [3.05, 3.63) is 77.3 Å². The molecule has 1 saturated heterocycles. The topological polar surface area (TPSA) is 46.2 Å². The Labute approximate surface area is 183 Å². The number of hydrogen-bond acceptors (Lipinski definition) is 3. The predicted octanol–water partition coefficient (Wildman–Crippen LogP) is 5.38. The van der Waals surface area contributed by atoms with Gasteiger partial charge in [0.1, 0.15) is 5.76 Å². The fourth-order valence-corrected chi connectivity index (χ4v) is 5.62. The van der Waals surface area contributed by atoms with Crippen molar-refractivity contribution in [1.29, 1.82) is 0 Å². The zero-order chi connectivity index (χ0) is 20.7. The molecule has 0 bridgehead atoms. The number of hydrogen-bond donors (Lipinski definition) is 1. The first-order valence-electron chi connectivity index (χ1n) is 10.8. The normalized spacial score (nSPS) is 22.1. The Hall–Kier alpha value is -2.60. The molecule has 1 aliphatic carbocycles. The molecular weight excluding hydrogens is 392 g/mol. The van der Waals surface area contributed by atoms with E-state index in [1.807, 2.05) is 30.5 Å². The smallest absolute Gasteiger partial charge is 0.170 e. The first kappa shape index (κ1) is 19.4. The molecule has 0 unspecified atom stereocenters. The molecule has 3 aromatic rings. The van der Waals surface area contributed by atoms with Gasteiger partial charge in [0.2, 0.25) is 0 Å². The van der Waals surface area contributed by atoms with Crippen LogP contribution < -0.4 is 5.32 Å². The summed E-state index contributed by atoms with van der Waals surface area (Å²) in [5.41, 5.74) is 5.03. The van der Waals surface area contributed by atoms with Gasteiger partial charge in [0, 0.05) is 23.6 Å². The molecule has 1 aliphatic heterocycles. The van der Waals surface area contributed by atoms with Crippen LogP contribution in [0.1, 0.15) is 72.2 Å². The minimum absolute atomic E-state index is 0.00573. The van der Waals surface area contributed by atoms with E-state index in [0.717, 1.165) is 16.6 Å². The van der Waals surface area contributed by atoms with Gasteiger partial charge in [-0.1, -0.05) is 18.9 Å². The number of aryl methyl sites for hydroxylation is 1. The van der Waals surface area contributed by atoms with Crippen molar-refractivity contribution in [2.75, 3.05) is 0 Å². The summed E-state index contributed by atoms with van der Waals surface area (Å²) in [6, 6.07) is 13.1. The highest BCUT2D eigenvalue weighted by atomic mass is 32.1. The Morgan fingerprint density at radius 2 is 2.00 bits per heavy atom. The third-order valence-corrected chi connectivity index (χ3v) is 6.99. The zero-order valence-corrected chi connectivity index (χ0v) is 18.4. The average Bonchev–Trinajstić information content (AvgIpc) is 3.53. The maximum atomic E-state index is 5.80. The summed E-state index contributed by atoms with van der Waals surface area (Å²) in [5, 5.41) is 4.30. The monoisotopic (exact) mass is 420 g/mol. The lowest BCUT2D eigenvalue weighted by Crippen LogP contribution is -2.29. The van der Waals surface area contributed by atoms with Gasteiger partial charge in [-0.05, 0) is 74.8 Å². The second kappa shape index (κ2) is 7.91. The third-order valence-electron chi connectivity index (χ3n) is 6.64. The van der Waals surface area contributed by atoms with Gasteiger partial charge >= 0.3 is 0 Å². The number of pyridine rings is 1. The number of nitrogens with zero attached hydrogens (tertiary/aromatic N) is 3. The van der Waals surface area contributed by atoms with Crippen LogP contribution in [0.15, 0.2) is 53.3 Å². The van der Waals surface area contributed by atoms with Gasteiger partial charge in [0.15, 0.2) is 5.11 Å². The van der Waals surface area contributed by atoms with E-state index < -0.39 is 0 Å². The minimum Gasteiger partial charge on any atom is -0.467 e. The summed E-state index contributed by atoms with van der Waals surface area (Å²) < 4.78 is 8.22. The number of aromatic nitrogens is 2. The van der Waals surface area contributed by atoms with Crippen molar-refractivity contribution < 1.29 is 4.42 Å². The van der Waals surface area contributed by atoms with E-state index in [1.165, 1.54) is 42.6 Å². The second-order valence-corrected chi connectivity index (χ2v) is 8.86. The molecule has 2 atom stereocenters. The van der Waals surface area contributed by atoms with Crippen molar-refractivity contribution >= 4 is 17.3 Å². The van der Waals surface area contributed by atoms with Crippen LogP contribution in [0.25, 0.3) is 0 Å². The standard InChI is InChI=1S/C24H28N4OS/c1-16-14-20(17(2)28(16)18-8-3-4-9-18)23-22(21-11-5-6-12-25-21)26-24(30)27(23)15-19-10-7-13-29-19/h5-7,10-14,18,22-23H,3-4,8-9,15H2,1-2H3,(H,26,30)/t22-,23+/m1/s1. The molecule has 0 spiro atoms. The van der Waals surface area contributed by atoms with Crippen LogP contribution in [0.2, 0.25) is 0 Å². The van der Waals surface area contributed by atoms with E-state index in [9.17, 15) is 0 Å². The molecular formula is C24H28N4OS. The second-order valence-electron chi connectivity index (χ2n) is 8.47. The predicted molar refractivity (Wildman–Crippen MR) is 121 cm³/mol. The number of thiocarbonyl (C=S) groups is 1. The van der Waals surface area contributed by atoms with E-state index >= 15 is 0 Å².